The van der Waals surface area contributed by atoms with Crippen molar-refractivity contribution in [2.24, 2.45) is 41.4 Å². The monoisotopic (exact) mass is 430 g/mol. The Labute approximate surface area is 188 Å². The lowest BCUT2D eigenvalue weighted by molar-refractivity contribution is -0.143. The van der Waals surface area contributed by atoms with Crippen LogP contribution in [-0.4, -0.2) is 29.2 Å². The molecule has 1 N–H and O–H groups in total. The Morgan fingerprint density at radius 3 is 1.91 bits per heavy atom. The zero-order valence-corrected chi connectivity index (χ0v) is 18.3. The van der Waals surface area contributed by atoms with Crippen molar-refractivity contribution in [1.82, 2.24) is 4.90 Å². The number of nitrogens with one attached hydrogen (secondary N) is 1. The molecule has 1 aromatic carbocycles. The van der Waals surface area contributed by atoms with Gasteiger partial charge in [0.05, 0.1) is 11.8 Å². The molecule has 6 bridgehead atoms. The predicted molar refractivity (Wildman–Crippen MR) is 119 cm³/mol. The van der Waals surface area contributed by atoms with E-state index in [0.29, 0.717) is 5.41 Å². The van der Waals surface area contributed by atoms with Crippen molar-refractivity contribution in [1.29, 1.82) is 0 Å². The molecule has 3 amide bonds. The van der Waals surface area contributed by atoms with E-state index in [0.717, 1.165) is 29.9 Å². The van der Waals surface area contributed by atoms with Crippen LogP contribution in [0.15, 0.2) is 36.4 Å². The van der Waals surface area contributed by atoms with Crippen molar-refractivity contribution >= 4 is 23.4 Å². The zero-order chi connectivity index (χ0) is 21.6. The Balaban J connectivity index is 1.03. The van der Waals surface area contributed by atoms with Crippen molar-refractivity contribution in [3.63, 3.8) is 0 Å². The van der Waals surface area contributed by atoms with E-state index in [2.05, 4.69) is 29.6 Å². The van der Waals surface area contributed by atoms with E-state index in [-0.39, 0.29) is 47.9 Å². The molecular weight excluding hydrogens is 400 g/mol. The van der Waals surface area contributed by atoms with Crippen LogP contribution in [0.4, 0.5) is 5.69 Å². The van der Waals surface area contributed by atoms with Gasteiger partial charge in [0.15, 0.2) is 0 Å². The normalized spacial score (nSPS) is 42.8. The highest BCUT2D eigenvalue weighted by atomic mass is 16.2. The van der Waals surface area contributed by atoms with Gasteiger partial charge in [-0.15, -0.1) is 0 Å². The molecule has 0 radical (unpaired) electrons. The summed E-state index contributed by atoms with van der Waals surface area (Å²) < 4.78 is 0. The van der Waals surface area contributed by atoms with Crippen molar-refractivity contribution in [2.45, 2.75) is 50.4 Å². The molecule has 0 spiro atoms. The first-order valence-electron chi connectivity index (χ1n) is 12.4. The molecular formula is C27H30N2O3. The molecule has 1 heterocycles. The number of carbonyl (C=O) groups excluding carboxylic acids is 3. The highest BCUT2D eigenvalue weighted by Gasteiger charge is 2.59. The fourth-order valence-corrected chi connectivity index (χ4v) is 8.84. The van der Waals surface area contributed by atoms with Gasteiger partial charge in [-0.25, -0.2) is 0 Å². The molecule has 1 saturated heterocycles. The van der Waals surface area contributed by atoms with Crippen LogP contribution < -0.4 is 5.32 Å². The van der Waals surface area contributed by atoms with E-state index in [4.69, 9.17) is 0 Å². The number of benzene rings is 1. The lowest BCUT2D eigenvalue weighted by atomic mass is 9.48. The summed E-state index contributed by atoms with van der Waals surface area (Å²) >= 11 is 0. The van der Waals surface area contributed by atoms with Gasteiger partial charge in [-0.05, 0) is 97.6 Å². The number of rotatable bonds is 4. The van der Waals surface area contributed by atoms with Gasteiger partial charge in [-0.2, -0.15) is 0 Å². The third-order valence-electron chi connectivity index (χ3n) is 9.68. The Morgan fingerprint density at radius 2 is 1.38 bits per heavy atom. The topological polar surface area (TPSA) is 66.5 Å². The highest BCUT2D eigenvalue weighted by Crippen LogP contribution is 2.60. The van der Waals surface area contributed by atoms with E-state index in [1.807, 2.05) is 12.1 Å². The molecule has 5 heteroatoms. The second-order valence-electron chi connectivity index (χ2n) is 11.6. The molecule has 32 heavy (non-hydrogen) atoms. The highest BCUT2D eigenvalue weighted by molar-refractivity contribution is 6.09. The van der Waals surface area contributed by atoms with E-state index in [9.17, 15) is 14.4 Å². The van der Waals surface area contributed by atoms with E-state index in [1.54, 1.807) is 0 Å². The maximum absolute atomic E-state index is 12.8. The second kappa shape index (κ2) is 6.55. The smallest absolute Gasteiger partial charge is 0.244 e. The number of hydrogen-bond acceptors (Lipinski definition) is 3. The SMILES string of the molecule is O=C(CN1C(=O)[C@@H]2[C@H](C1=O)[C@@H]1C=C[C@H]2C1)Nc1ccc(C23CC4CC(CC(C4)C2)C3)cc1. The molecule has 5 saturated carbocycles. The van der Waals surface area contributed by atoms with Crippen LogP contribution in [0.25, 0.3) is 0 Å². The standard InChI is InChI=1S/C27H30N2O3/c30-22(14-29-25(31)23-18-1-2-19(10-18)24(23)26(29)32)28-21-5-3-20(4-6-21)27-11-15-7-16(12-27)9-17(8-15)13-27/h1-6,15-19,23-24H,7-14H2,(H,28,30)/t15?,16?,17?,18-,19+,23-,24+,27?. The average molecular weight is 431 g/mol. The van der Waals surface area contributed by atoms with Crippen LogP contribution in [0.5, 0.6) is 0 Å². The number of hydrogen-bond donors (Lipinski definition) is 1. The van der Waals surface area contributed by atoms with Gasteiger partial charge >= 0.3 is 0 Å². The summed E-state index contributed by atoms with van der Waals surface area (Å²) in [4.78, 5) is 39.5. The molecule has 1 aromatic rings. The Morgan fingerprint density at radius 1 is 0.844 bits per heavy atom. The number of nitrogens with zero attached hydrogens (tertiary/aromatic N) is 1. The fourth-order valence-electron chi connectivity index (χ4n) is 8.84. The molecule has 0 unspecified atom stereocenters. The molecule has 166 valence electrons. The van der Waals surface area contributed by atoms with E-state index >= 15 is 0 Å². The third kappa shape index (κ3) is 2.66. The van der Waals surface area contributed by atoms with Crippen LogP contribution >= 0.6 is 0 Å². The number of fused-ring (bicyclic) bond motifs is 5. The van der Waals surface area contributed by atoms with E-state index in [1.165, 1.54) is 49.0 Å². The van der Waals surface area contributed by atoms with Gasteiger partial charge in [0.2, 0.25) is 17.7 Å². The molecule has 4 atom stereocenters. The third-order valence-corrected chi connectivity index (χ3v) is 9.68. The summed E-state index contributed by atoms with van der Waals surface area (Å²) in [6.45, 7) is -0.180. The molecule has 6 fully saturated rings. The van der Waals surface area contributed by atoms with Crippen LogP contribution in [-0.2, 0) is 19.8 Å². The van der Waals surface area contributed by atoms with Gasteiger partial charge in [-0.3, -0.25) is 19.3 Å². The van der Waals surface area contributed by atoms with Crippen molar-refractivity contribution in [3.05, 3.63) is 42.0 Å². The van der Waals surface area contributed by atoms with Crippen LogP contribution in [0.2, 0.25) is 0 Å². The number of anilines is 1. The molecule has 0 aromatic heterocycles. The van der Waals surface area contributed by atoms with Gasteiger partial charge in [0, 0.05) is 5.69 Å². The number of amides is 3. The van der Waals surface area contributed by atoms with Crippen molar-refractivity contribution in [3.8, 4) is 0 Å². The van der Waals surface area contributed by atoms with Crippen molar-refractivity contribution < 1.29 is 14.4 Å². The number of imide groups is 1. The number of likely N-dealkylation sites (tertiary alicyclic amines) is 1. The van der Waals surface area contributed by atoms with Crippen LogP contribution in [0.3, 0.4) is 0 Å². The first kappa shape index (κ1) is 19.1. The zero-order valence-electron chi connectivity index (χ0n) is 18.3. The summed E-state index contributed by atoms with van der Waals surface area (Å²) in [5, 5.41) is 2.91. The lowest BCUT2D eigenvalue weighted by Crippen LogP contribution is -2.48. The first-order valence-corrected chi connectivity index (χ1v) is 12.4. The predicted octanol–water partition coefficient (Wildman–Crippen LogP) is 3.90. The summed E-state index contributed by atoms with van der Waals surface area (Å²) in [7, 11) is 0. The van der Waals surface area contributed by atoms with Crippen LogP contribution in [0.1, 0.15) is 50.5 Å². The average Bonchev–Trinajstić information content (AvgIpc) is 3.43. The Kier molecular flexibility index (Phi) is 3.91. The second-order valence-corrected chi connectivity index (χ2v) is 11.6. The largest absolute Gasteiger partial charge is 0.325 e. The Hall–Kier alpha value is -2.43. The minimum absolute atomic E-state index is 0.163. The van der Waals surface area contributed by atoms with Gasteiger partial charge < -0.3 is 5.32 Å². The molecule has 7 aliphatic rings. The van der Waals surface area contributed by atoms with Crippen molar-refractivity contribution in [2.75, 3.05) is 11.9 Å². The van der Waals surface area contributed by atoms with Gasteiger partial charge in [-0.1, -0.05) is 24.3 Å². The summed E-state index contributed by atoms with van der Waals surface area (Å²) in [5.41, 5.74) is 2.51. The maximum Gasteiger partial charge on any atom is 0.244 e. The summed E-state index contributed by atoms with van der Waals surface area (Å²) in [6.07, 6.45) is 13.3. The molecule has 8 rings (SSSR count). The number of allylic oxidation sites excluding steroid dienone is 2. The summed E-state index contributed by atoms with van der Waals surface area (Å²) in [5.74, 6) is 1.94. The van der Waals surface area contributed by atoms with Crippen LogP contribution in [0, 0.1) is 41.4 Å². The quantitative estimate of drug-likeness (QED) is 0.582. The number of carbonyl (C=O) groups is 3. The molecule has 5 nitrogen and oxygen atoms in total. The fraction of sp³-hybridized carbons (Fsp3) is 0.593. The minimum Gasteiger partial charge on any atom is -0.325 e. The molecule has 1 aliphatic heterocycles. The maximum atomic E-state index is 12.8. The summed E-state index contributed by atoms with van der Waals surface area (Å²) in [6, 6.07) is 8.39. The molecule has 6 aliphatic carbocycles. The van der Waals surface area contributed by atoms with Gasteiger partial charge in [0.1, 0.15) is 6.54 Å². The van der Waals surface area contributed by atoms with E-state index < -0.39 is 0 Å². The minimum atomic E-state index is -0.297. The lowest BCUT2D eigenvalue weighted by Gasteiger charge is -2.57. The Bertz CT molecular complexity index is 976. The first-order chi connectivity index (χ1) is 15.5. The van der Waals surface area contributed by atoms with Gasteiger partial charge in [0.25, 0.3) is 0 Å².